The van der Waals surface area contributed by atoms with Gasteiger partial charge in [0.05, 0.1) is 0 Å². The second kappa shape index (κ2) is 6.27. The average molecular weight is 275 g/mol. The molecule has 0 aromatic heterocycles. The lowest BCUT2D eigenvalue weighted by atomic mass is 9.95. The Balaban J connectivity index is 2.08. The van der Waals surface area contributed by atoms with Gasteiger partial charge in [-0.15, -0.1) is 0 Å². The highest BCUT2D eigenvalue weighted by Gasteiger charge is 2.32. The molecule has 1 aromatic carbocycles. The highest BCUT2D eigenvalue weighted by Crippen LogP contribution is 2.32. The predicted molar refractivity (Wildman–Crippen MR) is 84.0 cm³/mol. The van der Waals surface area contributed by atoms with Crippen molar-refractivity contribution in [1.29, 1.82) is 0 Å². The van der Waals surface area contributed by atoms with Gasteiger partial charge in [0.25, 0.3) is 0 Å². The first kappa shape index (κ1) is 14.9. The highest BCUT2D eigenvalue weighted by atomic mass is 16.1. The number of nitrogens with zero attached hydrogens (tertiary/aromatic N) is 1. The number of aryl methyl sites for hydroxylation is 1. The third kappa shape index (κ3) is 3.12. The molecular weight excluding hydrogens is 250 g/mol. The number of hydrogen-bond acceptors (Lipinski definition) is 3. The van der Waals surface area contributed by atoms with E-state index in [9.17, 15) is 4.79 Å². The molecule has 0 heterocycles. The molecule has 2 rings (SSSR count). The van der Waals surface area contributed by atoms with E-state index < -0.39 is 0 Å². The van der Waals surface area contributed by atoms with Crippen LogP contribution >= 0.6 is 0 Å². The standard InChI is InChI=1S/C16H25N3O/c1-11-9-13(19(2)3)7-8-15(11)18-16(20)14-6-4-5-12(14)10-17/h7-9,12,14H,4-6,10,17H2,1-3H3,(H,18,20). The highest BCUT2D eigenvalue weighted by molar-refractivity contribution is 5.93. The second-order valence-electron chi connectivity index (χ2n) is 5.92. The van der Waals surface area contributed by atoms with E-state index in [4.69, 9.17) is 5.73 Å². The van der Waals surface area contributed by atoms with Gasteiger partial charge in [0, 0.05) is 31.4 Å². The van der Waals surface area contributed by atoms with E-state index in [1.165, 1.54) is 0 Å². The molecule has 4 heteroatoms. The molecule has 1 aliphatic rings. The fourth-order valence-corrected chi connectivity index (χ4v) is 2.96. The Hall–Kier alpha value is -1.55. The lowest BCUT2D eigenvalue weighted by Crippen LogP contribution is -2.30. The van der Waals surface area contributed by atoms with Crippen molar-refractivity contribution < 1.29 is 4.79 Å². The Labute approximate surface area is 121 Å². The number of carbonyl (C=O) groups is 1. The molecule has 1 aromatic rings. The number of hydrogen-bond donors (Lipinski definition) is 2. The van der Waals surface area contributed by atoms with Gasteiger partial charge >= 0.3 is 0 Å². The lowest BCUT2D eigenvalue weighted by molar-refractivity contribution is -0.120. The molecule has 4 nitrogen and oxygen atoms in total. The molecule has 1 aliphatic carbocycles. The first-order chi connectivity index (χ1) is 9.52. The summed E-state index contributed by atoms with van der Waals surface area (Å²) in [6.45, 7) is 2.63. The number of carbonyl (C=O) groups excluding carboxylic acids is 1. The maximum atomic E-state index is 12.4. The number of anilines is 2. The Morgan fingerprint density at radius 3 is 2.75 bits per heavy atom. The van der Waals surface area contributed by atoms with Crippen LogP contribution in [0.1, 0.15) is 24.8 Å². The molecule has 3 N–H and O–H groups in total. The van der Waals surface area contributed by atoms with E-state index in [1.54, 1.807) is 0 Å². The fraction of sp³-hybridized carbons (Fsp3) is 0.562. The minimum Gasteiger partial charge on any atom is -0.378 e. The Kier molecular flexibility index (Phi) is 4.65. The van der Waals surface area contributed by atoms with Gasteiger partial charge in [-0.05, 0) is 56.0 Å². The van der Waals surface area contributed by atoms with Crippen LogP contribution in [0.25, 0.3) is 0 Å². The molecule has 2 atom stereocenters. The van der Waals surface area contributed by atoms with Crippen LogP contribution < -0.4 is 16.0 Å². The van der Waals surface area contributed by atoms with E-state index in [1.807, 2.05) is 33.2 Å². The fourth-order valence-electron chi connectivity index (χ4n) is 2.96. The zero-order valence-corrected chi connectivity index (χ0v) is 12.6. The summed E-state index contributed by atoms with van der Waals surface area (Å²) in [6, 6.07) is 6.09. The summed E-state index contributed by atoms with van der Waals surface area (Å²) in [4.78, 5) is 14.4. The second-order valence-corrected chi connectivity index (χ2v) is 5.92. The van der Waals surface area contributed by atoms with Crippen LogP contribution in [0.5, 0.6) is 0 Å². The predicted octanol–water partition coefficient (Wildman–Crippen LogP) is 2.37. The lowest BCUT2D eigenvalue weighted by Gasteiger charge is -2.19. The Morgan fingerprint density at radius 1 is 1.40 bits per heavy atom. The number of nitrogens with two attached hydrogens (primary N) is 1. The third-order valence-electron chi connectivity index (χ3n) is 4.28. The number of amides is 1. The number of rotatable bonds is 4. The van der Waals surface area contributed by atoms with Crippen molar-refractivity contribution in [3.05, 3.63) is 23.8 Å². The normalized spacial score (nSPS) is 21.8. The van der Waals surface area contributed by atoms with Crippen LogP contribution in [-0.2, 0) is 4.79 Å². The summed E-state index contributed by atoms with van der Waals surface area (Å²) in [5, 5.41) is 3.07. The number of nitrogens with one attached hydrogen (secondary N) is 1. The van der Waals surface area contributed by atoms with Gasteiger partial charge in [0.2, 0.25) is 5.91 Å². The van der Waals surface area contributed by atoms with E-state index in [0.717, 1.165) is 36.2 Å². The summed E-state index contributed by atoms with van der Waals surface area (Å²) >= 11 is 0. The van der Waals surface area contributed by atoms with Crippen molar-refractivity contribution in [1.82, 2.24) is 0 Å². The first-order valence-electron chi connectivity index (χ1n) is 7.32. The van der Waals surface area contributed by atoms with Crippen LogP contribution in [-0.4, -0.2) is 26.5 Å². The van der Waals surface area contributed by atoms with E-state index in [-0.39, 0.29) is 11.8 Å². The molecule has 0 bridgehead atoms. The molecule has 0 radical (unpaired) electrons. The minimum absolute atomic E-state index is 0.0768. The zero-order chi connectivity index (χ0) is 14.7. The van der Waals surface area contributed by atoms with Crippen LogP contribution in [0.15, 0.2) is 18.2 Å². The van der Waals surface area contributed by atoms with E-state index in [0.29, 0.717) is 12.5 Å². The van der Waals surface area contributed by atoms with Gasteiger partial charge < -0.3 is 16.0 Å². The monoisotopic (exact) mass is 275 g/mol. The van der Waals surface area contributed by atoms with Gasteiger partial charge in [0.15, 0.2) is 0 Å². The summed E-state index contributed by atoms with van der Waals surface area (Å²) < 4.78 is 0. The van der Waals surface area contributed by atoms with E-state index >= 15 is 0 Å². The van der Waals surface area contributed by atoms with Crippen molar-refractivity contribution in [2.75, 3.05) is 30.9 Å². The Bertz CT molecular complexity index is 485. The molecule has 2 unspecified atom stereocenters. The van der Waals surface area contributed by atoms with Gasteiger partial charge in [-0.25, -0.2) is 0 Å². The van der Waals surface area contributed by atoms with Crippen molar-refractivity contribution in [2.24, 2.45) is 17.6 Å². The van der Waals surface area contributed by atoms with Crippen LogP contribution in [0, 0.1) is 18.8 Å². The topological polar surface area (TPSA) is 58.4 Å². The molecule has 1 amide bonds. The molecule has 0 aliphatic heterocycles. The molecule has 110 valence electrons. The van der Waals surface area contributed by atoms with Crippen molar-refractivity contribution >= 4 is 17.3 Å². The molecule has 1 saturated carbocycles. The largest absolute Gasteiger partial charge is 0.378 e. The van der Waals surface area contributed by atoms with Gasteiger partial charge in [-0.1, -0.05) is 6.42 Å². The van der Waals surface area contributed by atoms with Crippen molar-refractivity contribution in [2.45, 2.75) is 26.2 Å². The molecule has 20 heavy (non-hydrogen) atoms. The zero-order valence-electron chi connectivity index (χ0n) is 12.6. The summed E-state index contributed by atoms with van der Waals surface area (Å²) in [6.07, 6.45) is 3.15. The maximum absolute atomic E-state index is 12.4. The Morgan fingerprint density at radius 2 is 2.15 bits per heavy atom. The van der Waals surface area contributed by atoms with Gasteiger partial charge in [0.1, 0.15) is 0 Å². The number of benzene rings is 1. The average Bonchev–Trinajstić information content (AvgIpc) is 2.89. The van der Waals surface area contributed by atoms with Gasteiger partial charge in [-0.2, -0.15) is 0 Å². The van der Waals surface area contributed by atoms with Gasteiger partial charge in [-0.3, -0.25) is 4.79 Å². The van der Waals surface area contributed by atoms with Crippen LogP contribution in [0.2, 0.25) is 0 Å². The van der Waals surface area contributed by atoms with Crippen LogP contribution in [0.4, 0.5) is 11.4 Å². The third-order valence-corrected chi connectivity index (χ3v) is 4.28. The quantitative estimate of drug-likeness (QED) is 0.887. The summed E-state index contributed by atoms with van der Waals surface area (Å²) in [5.74, 6) is 0.544. The smallest absolute Gasteiger partial charge is 0.227 e. The van der Waals surface area contributed by atoms with Crippen molar-refractivity contribution in [3.63, 3.8) is 0 Å². The van der Waals surface area contributed by atoms with Crippen molar-refractivity contribution in [3.8, 4) is 0 Å². The molecule has 0 spiro atoms. The molecule has 1 fully saturated rings. The van der Waals surface area contributed by atoms with E-state index in [2.05, 4.69) is 16.3 Å². The van der Waals surface area contributed by atoms with Crippen LogP contribution in [0.3, 0.4) is 0 Å². The SMILES string of the molecule is Cc1cc(N(C)C)ccc1NC(=O)C1CCCC1CN. The molecular formula is C16H25N3O. The summed E-state index contributed by atoms with van der Waals surface area (Å²) in [7, 11) is 4.02. The minimum atomic E-state index is 0.0768. The maximum Gasteiger partial charge on any atom is 0.227 e. The summed E-state index contributed by atoms with van der Waals surface area (Å²) in [5.41, 5.74) is 8.89. The first-order valence-corrected chi connectivity index (χ1v) is 7.32. The molecule has 0 saturated heterocycles.